The lowest BCUT2D eigenvalue weighted by Gasteiger charge is -2.09. The fourth-order valence-corrected chi connectivity index (χ4v) is 2.01. The molecular weight excluding hydrogens is 337 g/mol. The zero-order valence-electron chi connectivity index (χ0n) is 12.8. The Hall–Kier alpha value is -2.60. The SMILES string of the molecule is COC(=O)c1cc(NC(=O)CCOc2ccc(Cl)cc2)ccc1F. The predicted molar refractivity (Wildman–Crippen MR) is 87.9 cm³/mol. The number of anilines is 1. The lowest BCUT2D eigenvalue weighted by atomic mass is 10.2. The third-order valence-electron chi connectivity index (χ3n) is 3.07. The van der Waals surface area contributed by atoms with Crippen molar-refractivity contribution in [1.82, 2.24) is 0 Å². The van der Waals surface area contributed by atoms with E-state index < -0.39 is 11.8 Å². The molecule has 0 aliphatic carbocycles. The smallest absolute Gasteiger partial charge is 0.340 e. The summed E-state index contributed by atoms with van der Waals surface area (Å²) in [5, 5.41) is 3.16. The summed E-state index contributed by atoms with van der Waals surface area (Å²) < 4.78 is 23.4. The maximum absolute atomic E-state index is 13.5. The van der Waals surface area contributed by atoms with Crippen molar-refractivity contribution >= 4 is 29.2 Å². The number of benzene rings is 2. The van der Waals surface area contributed by atoms with Crippen molar-refractivity contribution in [2.75, 3.05) is 19.0 Å². The number of hydrogen-bond donors (Lipinski definition) is 1. The molecule has 7 heteroatoms. The molecule has 0 spiro atoms. The molecule has 2 rings (SSSR count). The van der Waals surface area contributed by atoms with Crippen LogP contribution < -0.4 is 10.1 Å². The Balaban J connectivity index is 1.88. The van der Waals surface area contributed by atoms with Gasteiger partial charge in [0.1, 0.15) is 11.6 Å². The first kappa shape index (κ1) is 17.7. The van der Waals surface area contributed by atoms with Crippen LogP contribution in [-0.4, -0.2) is 25.6 Å². The summed E-state index contributed by atoms with van der Waals surface area (Å²) in [6, 6.07) is 10.4. The van der Waals surface area contributed by atoms with Gasteiger partial charge < -0.3 is 14.8 Å². The van der Waals surface area contributed by atoms with Crippen molar-refractivity contribution in [3.63, 3.8) is 0 Å². The highest BCUT2D eigenvalue weighted by Gasteiger charge is 2.13. The van der Waals surface area contributed by atoms with Crippen LogP contribution in [-0.2, 0) is 9.53 Å². The molecule has 126 valence electrons. The van der Waals surface area contributed by atoms with Crippen LogP contribution in [0.15, 0.2) is 42.5 Å². The van der Waals surface area contributed by atoms with Crippen LogP contribution in [0.4, 0.5) is 10.1 Å². The molecule has 24 heavy (non-hydrogen) atoms. The first-order valence-electron chi connectivity index (χ1n) is 7.05. The standard InChI is InChI=1S/C17H15ClFNO4/c1-23-17(22)14-10-12(4-7-15(14)19)20-16(21)8-9-24-13-5-2-11(18)3-6-13/h2-7,10H,8-9H2,1H3,(H,20,21). The monoisotopic (exact) mass is 351 g/mol. The van der Waals surface area contributed by atoms with Gasteiger partial charge in [-0.15, -0.1) is 0 Å². The molecule has 0 atom stereocenters. The summed E-state index contributed by atoms with van der Waals surface area (Å²) in [7, 11) is 1.15. The zero-order chi connectivity index (χ0) is 17.5. The van der Waals surface area contributed by atoms with E-state index in [1.807, 2.05) is 0 Å². The molecule has 5 nitrogen and oxygen atoms in total. The second kappa shape index (κ2) is 8.31. The number of amides is 1. The van der Waals surface area contributed by atoms with Crippen LogP contribution in [0, 0.1) is 5.82 Å². The molecule has 0 unspecified atom stereocenters. The molecule has 0 saturated heterocycles. The number of nitrogens with one attached hydrogen (secondary N) is 1. The fraction of sp³-hybridized carbons (Fsp3) is 0.176. The number of carbonyl (C=O) groups is 2. The van der Waals surface area contributed by atoms with E-state index in [4.69, 9.17) is 16.3 Å². The van der Waals surface area contributed by atoms with Crippen LogP contribution in [0.2, 0.25) is 5.02 Å². The van der Waals surface area contributed by atoms with Crippen molar-refractivity contribution in [2.45, 2.75) is 6.42 Å². The average molecular weight is 352 g/mol. The summed E-state index contributed by atoms with van der Waals surface area (Å²) >= 11 is 5.76. The highest BCUT2D eigenvalue weighted by Crippen LogP contribution is 2.17. The van der Waals surface area contributed by atoms with Crippen molar-refractivity contribution in [1.29, 1.82) is 0 Å². The van der Waals surface area contributed by atoms with Crippen LogP contribution in [0.3, 0.4) is 0 Å². The van der Waals surface area contributed by atoms with Crippen molar-refractivity contribution in [3.8, 4) is 5.75 Å². The summed E-state index contributed by atoms with van der Waals surface area (Å²) in [5.74, 6) is -1.26. The molecule has 0 radical (unpaired) electrons. The molecule has 0 heterocycles. The molecule has 0 aliphatic heterocycles. The van der Waals surface area contributed by atoms with Gasteiger partial charge in [0.05, 0.1) is 25.7 Å². The highest BCUT2D eigenvalue weighted by atomic mass is 35.5. The Morgan fingerprint density at radius 3 is 2.54 bits per heavy atom. The minimum atomic E-state index is -0.810. The van der Waals surface area contributed by atoms with Crippen LogP contribution in [0.5, 0.6) is 5.75 Å². The average Bonchev–Trinajstić information content (AvgIpc) is 2.57. The predicted octanol–water partition coefficient (Wildman–Crippen LogP) is 3.67. The van der Waals surface area contributed by atoms with Gasteiger partial charge in [0.15, 0.2) is 0 Å². The third-order valence-corrected chi connectivity index (χ3v) is 3.32. The minimum Gasteiger partial charge on any atom is -0.493 e. The number of esters is 1. The van der Waals surface area contributed by atoms with Crippen LogP contribution >= 0.6 is 11.6 Å². The number of carbonyl (C=O) groups excluding carboxylic acids is 2. The van der Waals surface area contributed by atoms with E-state index in [9.17, 15) is 14.0 Å². The van der Waals surface area contributed by atoms with Gasteiger partial charge in [-0.25, -0.2) is 9.18 Å². The van der Waals surface area contributed by atoms with Gasteiger partial charge in [-0.1, -0.05) is 11.6 Å². The van der Waals surface area contributed by atoms with Gasteiger partial charge in [-0.3, -0.25) is 4.79 Å². The van der Waals surface area contributed by atoms with E-state index in [1.54, 1.807) is 24.3 Å². The summed E-state index contributed by atoms with van der Waals surface area (Å²) in [5.41, 5.74) is 0.0565. The molecule has 0 aliphatic rings. The summed E-state index contributed by atoms with van der Waals surface area (Å²) in [6.07, 6.45) is 0.0908. The largest absolute Gasteiger partial charge is 0.493 e. The normalized spacial score (nSPS) is 10.1. The van der Waals surface area contributed by atoms with Gasteiger partial charge in [-0.2, -0.15) is 0 Å². The molecular formula is C17H15ClFNO4. The van der Waals surface area contributed by atoms with Gasteiger partial charge in [0.25, 0.3) is 0 Å². The van der Waals surface area contributed by atoms with Crippen molar-refractivity contribution < 1.29 is 23.5 Å². The van der Waals surface area contributed by atoms with E-state index >= 15 is 0 Å². The second-order valence-electron chi connectivity index (χ2n) is 4.79. The van der Waals surface area contributed by atoms with E-state index in [2.05, 4.69) is 10.1 Å². The highest BCUT2D eigenvalue weighted by molar-refractivity contribution is 6.30. The Labute approximate surface area is 143 Å². The number of ether oxygens (including phenoxy) is 2. The van der Waals surface area contributed by atoms with Crippen molar-refractivity contribution in [3.05, 3.63) is 58.9 Å². The van der Waals surface area contributed by atoms with Gasteiger partial charge in [0.2, 0.25) is 5.91 Å². The number of methoxy groups -OCH3 is 1. The molecule has 0 fully saturated rings. The Bertz CT molecular complexity index is 734. The van der Waals surface area contributed by atoms with Gasteiger partial charge in [0, 0.05) is 10.7 Å². The van der Waals surface area contributed by atoms with E-state index in [0.717, 1.165) is 13.2 Å². The van der Waals surface area contributed by atoms with E-state index in [-0.39, 0.29) is 24.5 Å². The quantitative estimate of drug-likeness (QED) is 0.806. The third kappa shape index (κ3) is 4.96. The lowest BCUT2D eigenvalue weighted by Crippen LogP contribution is -2.16. The molecule has 2 aromatic rings. The van der Waals surface area contributed by atoms with E-state index in [1.165, 1.54) is 12.1 Å². The Morgan fingerprint density at radius 2 is 1.88 bits per heavy atom. The molecule has 1 amide bonds. The maximum atomic E-state index is 13.5. The molecule has 1 N–H and O–H groups in total. The molecule has 2 aromatic carbocycles. The van der Waals surface area contributed by atoms with Gasteiger partial charge in [-0.05, 0) is 42.5 Å². The number of hydrogen-bond acceptors (Lipinski definition) is 4. The Kier molecular flexibility index (Phi) is 6.14. The van der Waals surface area contributed by atoms with E-state index in [0.29, 0.717) is 16.5 Å². The Morgan fingerprint density at radius 1 is 1.17 bits per heavy atom. The zero-order valence-corrected chi connectivity index (χ0v) is 13.6. The van der Waals surface area contributed by atoms with Crippen LogP contribution in [0.1, 0.15) is 16.8 Å². The number of rotatable bonds is 6. The first-order chi connectivity index (χ1) is 11.5. The van der Waals surface area contributed by atoms with Gasteiger partial charge >= 0.3 is 5.97 Å². The van der Waals surface area contributed by atoms with Crippen LogP contribution in [0.25, 0.3) is 0 Å². The first-order valence-corrected chi connectivity index (χ1v) is 7.43. The molecule has 0 bridgehead atoms. The maximum Gasteiger partial charge on any atom is 0.340 e. The molecule has 0 saturated carbocycles. The van der Waals surface area contributed by atoms with Crippen molar-refractivity contribution in [2.24, 2.45) is 0 Å². The second-order valence-corrected chi connectivity index (χ2v) is 5.22. The summed E-state index contributed by atoms with van der Waals surface area (Å²) in [4.78, 5) is 23.3. The molecule has 0 aromatic heterocycles. The topological polar surface area (TPSA) is 64.6 Å². The fourth-order valence-electron chi connectivity index (χ4n) is 1.89. The minimum absolute atomic E-state index is 0.0908. The lowest BCUT2D eigenvalue weighted by molar-refractivity contribution is -0.116. The number of halogens is 2. The summed E-state index contributed by atoms with van der Waals surface area (Å²) in [6.45, 7) is 0.165.